The summed E-state index contributed by atoms with van der Waals surface area (Å²) in [6.07, 6.45) is 0.159. The number of likely N-dealkylation sites (N-methyl/N-ethyl adjacent to an activating group) is 1. The van der Waals surface area contributed by atoms with Crippen LogP contribution in [0.2, 0.25) is 0 Å². The van der Waals surface area contributed by atoms with Crippen LogP contribution in [0.4, 0.5) is 0 Å². The Balaban J connectivity index is 0.00000392. The molecule has 2 atom stereocenters. The van der Waals surface area contributed by atoms with Crippen molar-refractivity contribution in [3.8, 4) is 5.75 Å². The Morgan fingerprint density at radius 2 is 2.00 bits per heavy atom. The highest BCUT2D eigenvalue weighted by Crippen LogP contribution is 2.18. The van der Waals surface area contributed by atoms with E-state index in [0.717, 1.165) is 44.6 Å². The van der Waals surface area contributed by atoms with Crippen LogP contribution in [0.5, 0.6) is 5.75 Å². The lowest BCUT2D eigenvalue weighted by Crippen LogP contribution is -2.43. The molecule has 2 unspecified atom stereocenters. The Labute approximate surface area is 187 Å². The third-order valence-corrected chi connectivity index (χ3v) is 4.46. The van der Waals surface area contributed by atoms with Crippen molar-refractivity contribution in [3.63, 3.8) is 0 Å². The van der Waals surface area contributed by atoms with E-state index in [0.29, 0.717) is 12.5 Å². The van der Waals surface area contributed by atoms with Crippen molar-refractivity contribution in [3.05, 3.63) is 29.8 Å². The van der Waals surface area contributed by atoms with Gasteiger partial charge in [-0.05, 0) is 44.5 Å². The molecule has 1 aromatic carbocycles. The minimum Gasteiger partial charge on any atom is -0.493 e. The normalized spacial score (nSPS) is 19.1. The van der Waals surface area contributed by atoms with Gasteiger partial charge in [-0.25, -0.2) is 0 Å². The van der Waals surface area contributed by atoms with Crippen molar-refractivity contribution in [2.24, 2.45) is 10.9 Å². The summed E-state index contributed by atoms with van der Waals surface area (Å²) in [5.41, 5.74) is 1.20. The first-order chi connectivity index (χ1) is 13.0. The van der Waals surface area contributed by atoms with Gasteiger partial charge in [0, 0.05) is 19.6 Å². The van der Waals surface area contributed by atoms with Gasteiger partial charge in [0.15, 0.2) is 5.96 Å². The van der Waals surface area contributed by atoms with E-state index < -0.39 is 0 Å². The van der Waals surface area contributed by atoms with Gasteiger partial charge in [-0.15, -0.1) is 24.0 Å². The van der Waals surface area contributed by atoms with Crippen LogP contribution >= 0.6 is 24.0 Å². The van der Waals surface area contributed by atoms with Crippen LogP contribution in [0.1, 0.15) is 39.3 Å². The summed E-state index contributed by atoms with van der Waals surface area (Å²) < 4.78 is 11.6. The number of rotatable bonds is 8. The molecule has 7 heteroatoms. The first kappa shape index (κ1) is 25.0. The van der Waals surface area contributed by atoms with E-state index in [1.54, 1.807) is 0 Å². The van der Waals surface area contributed by atoms with Gasteiger partial charge in [-0.2, -0.15) is 0 Å². The van der Waals surface area contributed by atoms with Gasteiger partial charge in [-0.3, -0.25) is 4.99 Å². The van der Waals surface area contributed by atoms with E-state index in [9.17, 15) is 0 Å². The molecule has 1 saturated heterocycles. The number of nitrogens with zero attached hydrogens (tertiary/aromatic N) is 2. The topological polar surface area (TPSA) is 58.1 Å². The Morgan fingerprint density at radius 3 is 2.61 bits per heavy atom. The van der Waals surface area contributed by atoms with Crippen LogP contribution in [0, 0.1) is 5.92 Å². The molecule has 2 rings (SSSR count). The third kappa shape index (κ3) is 8.96. The second kappa shape index (κ2) is 13.2. The molecule has 0 aromatic heterocycles. The molecule has 0 spiro atoms. The predicted molar refractivity (Wildman–Crippen MR) is 127 cm³/mol. The number of benzene rings is 1. The molecule has 0 amide bonds. The zero-order valence-electron chi connectivity index (χ0n) is 17.9. The Hall–Kier alpha value is -1.06. The number of halogens is 1. The highest BCUT2D eigenvalue weighted by Gasteiger charge is 2.17. The Kier molecular flexibility index (Phi) is 11.8. The van der Waals surface area contributed by atoms with Crippen molar-refractivity contribution in [2.45, 2.75) is 39.8 Å². The molecular weight excluding hydrogens is 467 g/mol. The Bertz CT molecular complexity index is 580. The lowest BCUT2D eigenvalue weighted by atomic mass is 10.1. The van der Waals surface area contributed by atoms with E-state index >= 15 is 0 Å². The van der Waals surface area contributed by atoms with Crippen LogP contribution in [0.15, 0.2) is 29.3 Å². The summed E-state index contributed by atoms with van der Waals surface area (Å²) in [6.45, 7) is 13.4. The van der Waals surface area contributed by atoms with E-state index in [-0.39, 0.29) is 36.1 Å². The number of aliphatic imine (C=N–C) groups is 1. The lowest BCUT2D eigenvalue weighted by molar-refractivity contribution is -0.0136. The molecule has 160 valence electrons. The number of guanidine groups is 1. The van der Waals surface area contributed by atoms with E-state index in [1.165, 1.54) is 5.56 Å². The molecule has 0 saturated carbocycles. The standard InChI is InChI=1S/C21H36N4O2.HI/c1-6-22-21(23-13-20-14-25(5)11-12-26-20)24-17(4)18-7-9-19(10-8-18)27-15-16(2)3;/h7-10,16-17,20H,6,11-15H2,1-5H3,(H2,22,23,24);1H. The second-order valence-corrected chi connectivity index (χ2v) is 7.61. The fourth-order valence-corrected chi connectivity index (χ4v) is 2.89. The fourth-order valence-electron chi connectivity index (χ4n) is 2.89. The van der Waals surface area contributed by atoms with Crippen LogP contribution in [-0.2, 0) is 4.74 Å². The minimum absolute atomic E-state index is 0. The zero-order valence-corrected chi connectivity index (χ0v) is 20.2. The van der Waals surface area contributed by atoms with Crippen molar-refractivity contribution in [1.29, 1.82) is 0 Å². The summed E-state index contributed by atoms with van der Waals surface area (Å²) in [5, 5.41) is 6.81. The van der Waals surface area contributed by atoms with E-state index in [1.807, 2.05) is 12.1 Å². The number of nitrogens with one attached hydrogen (secondary N) is 2. The largest absolute Gasteiger partial charge is 0.493 e. The quantitative estimate of drug-likeness (QED) is 0.324. The molecule has 1 aliphatic heterocycles. The van der Waals surface area contributed by atoms with Gasteiger partial charge < -0.3 is 25.0 Å². The van der Waals surface area contributed by atoms with Gasteiger partial charge in [0.2, 0.25) is 0 Å². The summed E-state index contributed by atoms with van der Waals surface area (Å²) in [6, 6.07) is 8.43. The van der Waals surface area contributed by atoms with E-state index in [2.05, 4.69) is 62.4 Å². The molecule has 2 N–H and O–H groups in total. The fraction of sp³-hybridized carbons (Fsp3) is 0.667. The zero-order chi connectivity index (χ0) is 19.6. The van der Waals surface area contributed by atoms with Crippen molar-refractivity contribution >= 4 is 29.9 Å². The van der Waals surface area contributed by atoms with Crippen molar-refractivity contribution in [2.75, 3.05) is 46.4 Å². The molecule has 28 heavy (non-hydrogen) atoms. The summed E-state index contributed by atoms with van der Waals surface area (Å²) >= 11 is 0. The Morgan fingerprint density at radius 1 is 1.29 bits per heavy atom. The molecule has 0 bridgehead atoms. The first-order valence-electron chi connectivity index (χ1n) is 10.1. The highest BCUT2D eigenvalue weighted by atomic mass is 127. The maximum atomic E-state index is 5.80. The molecule has 0 radical (unpaired) electrons. The van der Waals surface area contributed by atoms with Gasteiger partial charge >= 0.3 is 0 Å². The van der Waals surface area contributed by atoms with Crippen LogP contribution < -0.4 is 15.4 Å². The van der Waals surface area contributed by atoms with Crippen molar-refractivity contribution in [1.82, 2.24) is 15.5 Å². The lowest BCUT2D eigenvalue weighted by Gasteiger charge is -2.29. The summed E-state index contributed by atoms with van der Waals surface area (Å²) in [4.78, 5) is 7.01. The van der Waals surface area contributed by atoms with Gasteiger partial charge in [0.25, 0.3) is 0 Å². The average Bonchev–Trinajstić information content (AvgIpc) is 2.65. The van der Waals surface area contributed by atoms with Gasteiger partial charge in [-0.1, -0.05) is 26.0 Å². The van der Waals surface area contributed by atoms with Gasteiger partial charge in [0.1, 0.15) is 5.75 Å². The van der Waals surface area contributed by atoms with Crippen LogP contribution in [-0.4, -0.2) is 63.4 Å². The smallest absolute Gasteiger partial charge is 0.191 e. The van der Waals surface area contributed by atoms with Crippen LogP contribution in [0.3, 0.4) is 0 Å². The van der Waals surface area contributed by atoms with Crippen molar-refractivity contribution < 1.29 is 9.47 Å². The molecule has 1 heterocycles. The second-order valence-electron chi connectivity index (χ2n) is 7.61. The SMILES string of the molecule is CCNC(=NCC1CN(C)CCO1)NC(C)c1ccc(OCC(C)C)cc1.I. The molecular formula is C21H37IN4O2. The summed E-state index contributed by atoms with van der Waals surface area (Å²) in [7, 11) is 2.12. The van der Waals surface area contributed by atoms with Crippen LogP contribution in [0.25, 0.3) is 0 Å². The third-order valence-electron chi connectivity index (χ3n) is 4.46. The van der Waals surface area contributed by atoms with Gasteiger partial charge in [0.05, 0.1) is 31.9 Å². The first-order valence-corrected chi connectivity index (χ1v) is 10.1. The average molecular weight is 504 g/mol. The summed E-state index contributed by atoms with van der Waals surface area (Å²) in [5.74, 6) is 2.26. The molecule has 1 aliphatic rings. The number of ether oxygens (including phenoxy) is 2. The van der Waals surface area contributed by atoms with E-state index in [4.69, 9.17) is 14.5 Å². The monoisotopic (exact) mass is 504 g/mol. The molecule has 1 fully saturated rings. The number of hydrogen-bond acceptors (Lipinski definition) is 4. The maximum absolute atomic E-state index is 5.80. The maximum Gasteiger partial charge on any atom is 0.191 e. The number of morpholine rings is 1. The molecule has 6 nitrogen and oxygen atoms in total. The number of hydrogen-bond donors (Lipinski definition) is 2. The highest BCUT2D eigenvalue weighted by molar-refractivity contribution is 14.0. The molecule has 1 aromatic rings. The molecule has 0 aliphatic carbocycles. The minimum atomic E-state index is 0. The predicted octanol–water partition coefficient (Wildman–Crippen LogP) is 3.29.